The van der Waals surface area contributed by atoms with E-state index in [4.69, 9.17) is 0 Å². The van der Waals surface area contributed by atoms with Gasteiger partial charge in [-0.3, -0.25) is 4.68 Å². The van der Waals surface area contributed by atoms with Gasteiger partial charge in [0.1, 0.15) is 0 Å². The molecule has 120 valence electrons. The zero-order valence-electron chi connectivity index (χ0n) is 13.0. The average Bonchev–Trinajstić information content (AvgIpc) is 2.95. The molecule has 6 nitrogen and oxygen atoms in total. The maximum absolute atomic E-state index is 12.6. The van der Waals surface area contributed by atoms with Gasteiger partial charge in [0.15, 0.2) is 5.03 Å². The summed E-state index contributed by atoms with van der Waals surface area (Å²) in [6, 6.07) is 1.59. The number of hydrogen-bond donors (Lipinski definition) is 0. The van der Waals surface area contributed by atoms with Gasteiger partial charge < -0.3 is 4.90 Å². The van der Waals surface area contributed by atoms with E-state index in [0.717, 1.165) is 26.1 Å². The predicted octanol–water partition coefficient (Wildman–Crippen LogP) is 1.40. The van der Waals surface area contributed by atoms with E-state index in [1.807, 2.05) is 6.92 Å². The Bertz CT molecular complexity index is 535. The monoisotopic (exact) mass is 314 g/mol. The summed E-state index contributed by atoms with van der Waals surface area (Å²) in [6.45, 7) is 6.14. The summed E-state index contributed by atoms with van der Waals surface area (Å²) in [6.07, 6.45) is 6.16. The number of aryl methyl sites for hydroxylation is 1. The lowest BCUT2D eigenvalue weighted by Crippen LogP contribution is -2.39. The summed E-state index contributed by atoms with van der Waals surface area (Å²) in [7, 11) is -1.79. The second kappa shape index (κ2) is 7.38. The molecular formula is C14H26N4O2S. The smallest absolute Gasteiger partial charge is 0.260 e. The van der Waals surface area contributed by atoms with Gasteiger partial charge in [-0.15, -0.1) is 0 Å². The van der Waals surface area contributed by atoms with Crippen LogP contribution in [0.5, 0.6) is 0 Å². The number of hydrogen-bond acceptors (Lipinski definition) is 4. The van der Waals surface area contributed by atoms with Crippen molar-refractivity contribution in [3.63, 3.8) is 0 Å². The lowest BCUT2D eigenvalue weighted by Gasteiger charge is -2.28. The second-order valence-corrected chi connectivity index (χ2v) is 7.61. The molecule has 0 atom stereocenters. The molecule has 2 heterocycles. The van der Waals surface area contributed by atoms with E-state index in [1.54, 1.807) is 24.0 Å². The molecule has 2 rings (SSSR count). The van der Waals surface area contributed by atoms with Crippen molar-refractivity contribution in [1.29, 1.82) is 0 Å². The van der Waals surface area contributed by atoms with Crippen LogP contribution in [0.25, 0.3) is 0 Å². The fourth-order valence-electron chi connectivity index (χ4n) is 2.66. The van der Waals surface area contributed by atoms with E-state index in [0.29, 0.717) is 18.1 Å². The third-order valence-corrected chi connectivity index (χ3v) is 5.85. The first-order chi connectivity index (χ1) is 10.1. The molecule has 1 aliphatic heterocycles. The number of rotatable bonds is 7. The van der Waals surface area contributed by atoms with Crippen LogP contribution in [0.15, 0.2) is 17.3 Å². The molecule has 0 aromatic carbocycles. The summed E-state index contributed by atoms with van der Waals surface area (Å²) in [5, 5.41) is 4.40. The molecule has 0 saturated carbocycles. The molecule has 0 bridgehead atoms. The lowest BCUT2D eigenvalue weighted by molar-refractivity contribution is 0.218. The number of sulfonamides is 1. The van der Waals surface area contributed by atoms with Crippen LogP contribution in [-0.4, -0.2) is 60.6 Å². The second-order valence-electron chi connectivity index (χ2n) is 5.62. The van der Waals surface area contributed by atoms with Crippen molar-refractivity contribution < 1.29 is 8.42 Å². The van der Waals surface area contributed by atoms with Crippen LogP contribution in [0.1, 0.15) is 32.6 Å². The molecule has 21 heavy (non-hydrogen) atoms. The molecule has 1 aromatic rings. The Labute approximate surface area is 127 Å². The van der Waals surface area contributed by atoms with Crippen molar-refractivity contribution in [2.45, 2.75) is 44.2 Å². The van der Waals surface area contributed by atoms with Gasteiger partial charge in [0.25, 0.3) is 10.0 Å². The fourth-order valence-corrected chi connectivity index (χ4v) is 3.94. The summed E-state index contributed by atoms with van der Waals surface area (Å²) < 4.78 is 28.2. The highest BCUT2D eigenvalue weighted by Crippen LogP contribution is 2.15. The molecular weight excluding hydrogens is 288 g/mol. The van der Waals surface area contributed by atoms with E-state index in [2.05, 4.69) is 10.00 Å². The van der Waals surface area contributed by atoms with Crippen molar-refractivity contribution in [2.24, 2.45) is 0 Å². The highest BCUT2D eigenvalue weighted by Gasteiger charge is 2.25. The standard InChI is InChI=1S/C14H26N4O2S/c1-3-9-18-14(7-8-15-18)21(19,20)16(2)12-13-17-10-5-4-6-11-17/h7-8H,3-6,9-13H2,1-2H3. The topological polar surface area (TPSA) is 58.4 Å². The van der Waals surface area contributed by atoms with Crippen molar-refractivity contribution in [2.75, 3.05) is 33.2 Å². The normalized spacial score (nSPS) is 17.5. The third kappa shape index (κ3) is 4.05. The molecule has 1 fully saturated rings. The van der Waals surface area contributed by atoms with Crippen molar-refractivity contribution in [3.05, 3.63) is 12.3 Å². The van der Waals surface area contributed by atoms with Gasteiger partial charge in [0.05, 0.1) is 6.20 Å². The molecule has 7 heteroatoms. The molecule has 0 aliphatic carbocycles. The zero-order valence-corrected chi connectivity index (χ0v) is 13.8. The van der Waals surface area contributed by atoms with Crippen molar-refractivity contribution in [1.82, 2.24) is 19.0 Å². The Morgan fingerprint density at radius 1 is 1.24 bits per heavy atom. The molecule has 1 saturated heterocycles. The molecule has 1 aliphatic rings. The highest BCUT2D eigenvalue weighted by molar-refractivity contribution is 7.89. The number of nitrogens with zero attached hydrogens (tertiary/aromatic N) is 4. The number of likely N-dealkylation sites (N-methyl/N-ethyl adjacent to an activating group) is 1. The molecule has 0 radical (unpaired) electrons. The Balaban J connectivity index is 1.99. The summed E-state index contributed by atoms with van der Waals surface area (Å²) in [5.74, 6) is 0. The van der Waals surface area contributed by atoms with Crippen LogP contribution >= 0.6 is 0 Å². The van der Waals surface area contributed by atoms with Gasteiger partial charge in [-0.2, -0.15) is 9.40 Å². The summed E-state index contributed by atoms with van der Waals surface area (Å²) >= 11 is 0. The average molecular weight is 314 g/mol. The van der Waals surface area contributed by atoms with Gasteiger partial charge in [0.2, 0.25) is 0 Å². The first kappa shape index (κ1) is 16.5. The SMILES string of the molecule is CCCn1nccc1S(=O)(=O)N(C)CCN1CCCCC1. The maximum atomic E-state index is 12.6. The quantitative estimate of drug-likeness (QED) is 0.763. The van der Waals surface area contributed by atoms with Crippen LogP contribution in [-0.2, 0) is 16.6 Å². The van der Waals surface area contributed by atoms with Crippen LogP contribution in [0.2, 0.25) is 0 Å². The minimum atomic E-state index is -3.44. The van der Waals surface area contributed by atoms with E-state index >= 15 is 0 Å². The molecule has 0 N–H and O–H groups in total. The fraction of sp³-hybridized carbons (Fsp3) is 0.786. The molecule has 0 spiro atoms. The Morgan fingerprint density at radius 2 is 1.95 bits per heavy atom. The van der Waals surface area contributed by atoms with Crippen molar-refractivity contribution in [3.8, 4) is 0 Å². The Morgan fingerprint density at radius 3 is 2.62 bits per heavy atom. The Kier molecular flexibility index (Phi) is 5.78. The van der Waals surface area contributed by atoms with Crippen LogP contribution < -0.4 is 0 Å². The molecule has 0 unspecified atom stereocenters. The van der Waals surface area contributed by atoms with E-state index in [1.165, 1.54) is 23.6 Å². The third-order valence-electron chi connectivity index (χ3n) is 3.97. The minimum Gasteiger partial charge on any atom is -0.302 e. The lowest BCUT2D eigenvalue weighted by atomic mass is 10.1. The predicted molar refractivity (Wildman–Crippen MR) is 82.6 cm³/mol. The minimum absolute atomic E-state index is 0.297. The molecule has 0 amide bonds. The van der Waals surface area contributed by atoms with Gasteiger partial charge in [-0.05, 0) is 38.4 Å². The van der Waals surface area contributed by atoms with E-state index in [-0.39, 0.29) is 0 Å². The first-order valence-electron chi connectivity index (χ1n) is 7.76. The largest absolute Gasteiger partial charge is 0.302 e. The van der Waals surface area contributed by atoms with Crippen LogP contribution in [0.4, 0.5) is 0 Å². The number of aromatic nitrogens is 2. The van der Waals surface area contributed by atoms with E-state index in [9.17, 15) is 8.42 Å². The van der Waals surface area contributed by atoms with Gasteiger partial charge in [-0.1, -0.05) is 13.3 Å². The van der Waals surface area contributed by atoms with Crippen molar-refractivity contribution >= 4 is 10.0 Å². The summed E-state index contributed by atoms with van der Waals surface area (Å²) in [4.78, 5) is 2.35. The maximum Gasteiger partial charge on any atom is 0.260 e. The van der Waals surface area contributed by atoms with E-state index < -0.39 is 10.0 Å². The number of likely N-dealkylation sites (tertiary alicyclic amines) is 1. The Hall–Kier alpha value is -0.920. The van der Waals surface area contributed by atoms with Crippen LogP contribution in [0.3, 0.4) is 0 Å². The first-order valence-corrected chi connectivity index (χ1v) is 9.20. The van der Waals surface area contributed by atoms with Gasteiger partial charge in [0, 0.05) is 26.7 Å². The number of piperidine rings is 1. The highest BCUT2D eigenvalue weighted by atomic mass is 32.2. The molecule has 1 aromatic heterocycles. The summed E-state index contributed by atoms with van der Waals surface area (Å²) in [5.41, 5.74) is 0. The zero-order chi connectivity index (χ0) is 15.3. The van der Waals surface area contributed by atoms with Crippen LogP contribution in [0, 0.1) is 0 Å². The van der Waals surface area contributed by atoms with Gasteiger partial charge in [-0.25, -0.2) is 8.42 Å². The van der Waals surface area contributed by atoms with Gasteiger partial charge >= 0.3 is 0 Å².